The molecule has 0 aliphatic heterocycles. The first-order valence-corrected chi connectivity index (χ1v) is 10.4. The summed E-state index contributed by atoms with van der Waals surface area (Å²) >= 11 is 1.37. The van der Waals surface area contributed by atoms with Crippen LogP contribution in [0, 0.1) is 5.82 Å². The second-order valence-electron chi connectivity index (χ2n) is 6.76. The van der Waals surface area contributed by atoms with Gasteiger partial charge in [0.15, 0.2) is 5.78 Å². The average Bonchev–Trinajstić information content (AvgIpc) is 2.78. The van der Waals surface area contributed by atoms with Crippen molar-refractivity contribution in [3.63, 3.8) is 0 Å². The van der Waals surface area contributed by atoms with Crippen LogP contribution in [0.1, 0.15) is 20.7 Å². The number of carbonyl (C=O) groups is 2. The number of nitrogens with one attached hydrogen (secondary N) is 1. The third-order valence-corrected chi connectivity index (χ3v) is 5.63. The van der Waals surface area contributed by atoms with E-state index in [4.69, 9.17) is 0 Å². The zero-order valence-electron chi connectivity index (χ0n) is 16.0. The molecule has 1 N–H and O–H groups in total. The minimum absolute atomic E-state index is 0.0781. The van der Waals surface area contributed by atoms with Gasteiger partial charge in [0.05, 0.1) is 5.75 Å². The molecule has 4 aromatic rings. The molecule has 0 atom stereocenters. The van der Waals surface area contributed by atoms with E-state index in [9.17, 15) is 14.0 Å². The average molecular weight is 415 g/mol. The van der Waals surface area contributed by atoms with Crippen molar-refractivity contribution in [1.29, 1.82) is 0 Å². The van der Waals surface area contributed by atoms with E-state index in [-0.39, 0.29) is 23.3 Å². The highest BCUT2D eigenvalue weighted by atomic mass is 32.2. The van der Waals surface area contributed by atoms with Crippen molar-refractivity contribution in [3.8, 4) is 0 Å². The molecule has 3 nitrogen and oxygen atoms in total. The summed E-state index contributed by atoms with van der Waals surface area (Å²) in [6.07, 6.45) is 0. The van der Waals surface area contributed by atoms with Gasteiger partial charge < -0.3 is 5.32 Å². The highest BCUT2D eigenvalue weighted by Gasteiger charge is 2.10. The van der Waals surface area contributed by atoms with Gasteiger partial charge in [0.2, 0.25) is 0 Å². The smallest absolute Gasteiger partial charge is 0.255 e. The molecule has 1 amide bonds. The number of Topliss-reactive ketones (excluding diaryl/α,β-unsaturated/α-hetero) is 1. The Bertz CT molecular complexity index is 1220. The van der Waals surface area contributed by atoms with Gasteiger partial charge in [0.25, 0.3) is 5.91 Å². The first kappa shape index (κ1) is 19.9. The quantitative estimate of drug-likeness (QED) is 0.301. The molecule has 0 heterocycles. The molecular weight excluding hydrogens is 397 g/mol. The van der Waals surface area contributed by atoms with Gasteiger partial charge in [-0.1, -0.05) is 36.4 Å². The molecule has 0 saturated heterocycles. The molecule has 0 bridgehead atoms. The Morgan fingerprint density at radius 1 is 0.767 bits per heavy atom. The molecule has 5 heteroatoms. The summed E-state index contributed by atoms with van der Waals surface area (Å²) in [4.78, 5) is 25.8. The number of amides is 1. The van der Waals surface area contributed by atoms with E-state index in [0.29, 0.717) is 16.8 Å². The number of thioether (sulfide) groups is 1. The van der Waals surface area contributed by atoms with Crippen molar-refractivity contribution in [1.82, 2.24) is 0 Å². The largest absolute Gasteiger partial charge is 0.322 e. The third kappa shape index (κ3) is 4.75. The standard InChI is InChI=1S/C25H18FNO2S/c26-21-12-10-18(11-13-21)24(28)16-30-23-7-3-6-22(15-23)27-25(29)20-9-8-17-4-1-2-5-19(17)14-20/h1-15H,16H2,(H,27,29). The maximum atomic E-state index is 13.0. The number of fused-ring (bicyclic) bond motifs is 1. The van der Waals surface area contributed by atoms with Crippen LogP contribution < -0.4 is 5.32 Å². The number of ketones is 1. The van der Waals surface area contributed by atoms with E-state index in [2.05, 4.69) is 5.32 Å². The lowest BCUT2D eigenvalue weighted by Crippen LogP contribution is -2.11. The maximum absolute atomic E-state index is 13.0. The topological polar surface area (TPSA) is 46.2 Å². The lowest BCUT2D eigenvalue weighted by Gasteiger charge is -2.08. The van der Waals surface area contributed by atoms with Crippen molar-refractivity contribution >= 4 is 39.9 Å². The van der Waals surface area contributed by atoms with Gasteiger partial charge in [-0.25, -0.2) is 4.39 Å². The van der Waals surface area contributed by atoms with Gasteiger partial charge in [-0.05, 0) is 65.4 Å². The van der Waals surface area contributed by atoms with Gasteiger partial charge in [-0.2, -0.15) is 0 Å². The normalized spacial score (nSPS) is 10.7. The summed E-state index contributed by atoms with van der Waals surface area (Å²) < 4.78 is 13.0. The molecule has 0 aliphatic rings. The van der Waals surface area contributed by atoms with Gasteiger partial charge in [-0.15, -0.1) is 11.8 Å². The first-order chi connectivity index (χ1) is 14.6. The van der Waals surface area contributed by atoms with Gasteiger partial charge in [0.1, 0.15) is 5.82 Å². The summed E-state index contributed by atoms with van der Waals surface area (Å²) in [5.41, 5.74) is 1.72. The number of rotatable bonds is 6. The van der Waals surface area contributed by atoms with Gasteiger partial charge in [-0.3, -0.25) is 9.59 Å². The highest BCUT2D eigenvalue weighted by molar-refractivity contribution is 8.00. The van der Waals surface area contributed by atoms with E-state index in [1.54, 1.807) is 6.07 Å². The first-order valence-electron chi connectivity index (χ1n) is 9.40. The minimum Gasteiger partial charge on any atom is -0.322 e. The molecule has 0 aromatic heterocycles. The molecule has 0 fully saturated rings. The van der Waals surface area contributed by atoms with E-state index in [0.717, 1.165) is 15.7 Å². The fourth-order valence-corrected chi connectivity index (χ4v) is 3.91. The molecule has 0 radical (unpaired) electrons. The highest BCUT2D eigenvalue weighted by Crippen LogP contribution is 2.24. The van der Waals surface area contributed by atoms with Crippen LogP contribution in [-0.4, -0.2) is 17.4 Å². The molecule has 30 heavy (non-hydrogen) atoms. The van der Waals surface area contributed by atoms with Crippen molar-refractivity contribution in [2.45, 2.75) is 4.90 Å². The SMILES string of the molecule is O=C(CSc1cccc(NC(=O)c2ccc3ccccc3c2)c1)c1ccc(F)cc1. The van der Waals surface area contributed by atoms with Crippen LogP contribution in [0.4, 0.5) is 10.1 Å². The number of benzene rings is 4. The molecule has 4 rings (SSSR count). The van der Waals surface area contributed by atoms with E-state index in [1.165, 1.54) is 36.0 Å². The number of carbonyl (C=O) groups excluding carboxylic acids is 2. The van der Waals surface area contributed by atoms with Crippen LogP contribution in [0.2, 0.25) is 0 Å². The second-order valence-corrected chi connectivity index (χ2v) is 7.81. The third-order valence-electron chi connectivity index (χ3n) is 4.64. The van der Waals surface area contributed by atoms with Crippen LogP contribution in [0.5, 0.6) is 0 Å². The van der Waals surface area contributed by atoms with Crippen molar-refractivity contribution in [2.24, 2.45) is 0 Å². The van der Waals surface area contributed by atoms with Crippen molar-refractivity contribution in [3.05, 3.63) is 108 Å². The van der Waals surface area contributed by atoms with E-state index in [1.807, 2.05) is 60.7 Å². The lowest BCUT2D eigenvalue weighted by atomic mass is 10.1. The van der Waals surface area contributed by atoms with Crippen molar-refractivity contribution in [2.75, 3.05) is 11.1 Å². The predicted octanol–water partition coefficient (Wildman–Crippen LogP) is 6.21. The summed E-state index contributed by atoms with van der Waals surface area (Å²) in [6, 6.07) is 26.4. The zero-order valence-corrected chi connectivity index (χ0v) is 16.8. The molecule has 0 spiro atoms. The molecular formula is C25H18FNO2S. The van der Waals surface area contributed by atoms with E-state index < -0.39 is 0 Å². The Hall–Kier alpha value is -3.44. The molecule has 0 saturated carbocycles. The second kappa shape index (κ2) is 8.93. The fraction of sp³-hybridized carbons (Fsp3) is 0.0400. The summed E-state index contributed by atoms with van der Waals surface area (Å²) in [5.74, 6) is -0.404. The Kier molecular flexibility index (Phi) is 5.91. The van der Waals surface area contributed by atoms with Crippen LogP contribution in [-0.2, 0) is 0 Å². The molecule has 0 unspecified atom stereocenters. The molecule has 4 aromatic carbocycles. The van der Waals surface area contributed by atoms with Crippen LogP contribution >= 0.6 is 11.8 Å². The summed E-state index contributed by atoms with van der Waals surface area (Å²) in [7, 11) is 0. The van der Waals surface area contributed by atoms with Crippen LogP contribution in [0.3, 0.4) is 0 Å². The fourth-order valence-electron chi connectivity index (χ4n) is 3.07. The minimum atomic E-state index is -0.367. The van der Waals surface area contributed by atoms with Crippen molar-refractivity contribution < 1.29 is 14.0 Å². The number of anilines is 1. The zero-order chi connectivity index (χ0) is 20.9. The Balaban J connectivity index is 1.41. The van der Waals surface area contributed by atoms with Gasteiger partial charge >= 0.3 is 0 Å². The van der Waals surface area contributed by atoms with Crippen LogP contribution in [0.25, 0.3) is 10.8 Å². The number of hydrogen-bond donors (Lipinski definition) is 1. The van der Waals surface area contributed by atoms with Crippen LogP contribution in [0.15, 0.2) is 95.9 Å². The predicted molar refractivity (Wildman–Crippen MR) is 120 cm³/mol. The van der Waals surface area contributed by atoms with E-state index >= 15 is 0 Å². The Morgan fingerprint density at radius 2 is 1.50 bits per heavy atom. The summed E-state index contributed by atoms with van der Waals surface area (Å²) in [6.45, 7) is 0. The maximum Gasteiger partial charge on any atom is 0.255 e. The monoisotopic (exact) mass is 415 g/mol. The molecule has 0 aliphatic carbocycles. The lowest BCUT2D eigenvalue weighted by molar-refractivity contribution is 0.101. The number of halogens is 1. The summed E-state index contributed by atoms with van der Waals surface area (Å²) in [5, 5.41) is 5.00. The Labute approximate surface area is 177 Å². The Morgan fingerprint density at radius 3 is 2.30 bits per heavy atom. The number of hydrogen-bond acceptors (Lipinski definition) is 3. The molecule has 148 valence electrons. The van der Waals surface area contributed by atoms with Gasteiger partial charge in [0, 0.05) is 21.7 Å².